The van der Waals surface area contributed by atoms with Crippen LogP contribution in [0.15, 0.2) is 5.16 Å². The minimum absolute atomic E-state index is 0.254. The third-order valence-electron chi connectivity index (χ3n) is 2.37. The van der Waals surface area contributed by atoms with Gasteiger partial charge in [0.1, 0.15) is 22.4 Å². The van der Waals surface area contributed by atoms with Gasteiger partial charge >= 0.3 is 12.1 Å². The maximum atomic E-state index is 11.7. The van der Waals surface area contributed by atoms with Gasteiger partial charge in [-0.2, -0.15) is 0 Å². The van der Waals surface area contributed by atoms with Crippen LogP contribution in [0, 0.1) is 0 Å². The molecule has 1 aliphatic heterocycles. The smallest absolute Gasteiger partial charge is 0.408 e. The van der Waals surface area contributed by atoms with E-state index in [1.807, 2.05) is 0 Å². The highest BCUT2D eigenvalue weighted by atomic mass is 79.9. The average Bonchev–Trinajstić information content (AvgIpc) is 2.70. The molecule has 1 amide bonds. The van der Waals surface area contributed by atoms with Crippen molar-refractivity contribution in [2.45, 2.75) is 51.4 Å². The number of oxime groups is 1. The molecule has 2 atom stereocenters. The van der Waals surface area contributed by atoms with Crippen LogP contribution in [0.3, 0.4) is 0 Å². The Balaban J connectivity index is 2.56. The number of rotatable bonds is 4. The van der Waals surface area contributed by atoms with Crippen LogP contribution < -0.4 is 5.32 Å². The molecule has 1 N–H and O–H groups in total. The van der Waals surface area contributed by atoms with E-state index in [0.717, 1.165) is 0 Å². The number of methoxy groups -OCH3 is 1. The van der Waals surface area contributed by atoms with E-state index in [4.69, 9.17) is 9.57 Å². The van der Waals surface area contributed by atoms with Crippen LogP contribution in [-0.2, 0) is 19.1 Å². The van der Waals surface area contributed by atoms with Crippen LogP contribution in [0.1, 0.15) is 33.6 Å². The Bertz CT molecular complexity index is 405. The molecule has 0 saturated carbocycles. The van der Waals surface area contributed by atoms with Crippen molar-refractivity contribution in [2.24, 2.45) is 5.16 Å². The van der Waals surface area contributed by atoms with Crippen molar-refractivity contribution in [3.8, 4) is 0 Å². The minimum Gasteiger partial charge on any atom is -0.467 e. The highest BCUT2D eigenvalue weighted by molar-refractivity contribution is 9.18. The summed E-state index contributed by atoms with van der Waals surface area (Å²) in [7, 11) is 1.26. The summed E-state index contributed by atoms with van der Waals surface area (Å²) < 4.78 is 10.4. The van der Waals surface area contributed by atoms with E-state index in [-0.39, 0.29) is 12.5 Å². The normalized spacial score (nSPS) is 19.6. The minimum atomic E-state index is -0.839. The van der Waals surface area contributed by atoms with E-state index in [2.05, 4.69) is 31.1 Å². The molecule has 0 aromatic rings. The Kier molecular flexibility index (Phi) is 5.79. The molecule has 0 radical (unpaired) electrons. The quantitative estimate of drug-likeness (QED) is 0.783. The van der Waals surface area contributed by atoms with Gasteiger partial charge in [0, 0.05) is 12.8 Å². The van der Waals surface area contributed by atoms with Gasteiger partial charge in [0.2, 0.25) is 0 Å². The van der Waals surface area contributed by atoms with E-state index < -0.39 is 23.7 Å². The van der Waals surface area contributed by atoms with Gasteiger partial charge < -0.3 is 19.6 Å². The number of nitrogens with zero attached hydrogens (tertiary/aromatic N) is 1. The van der Waals surface area contributed by atoms with Gasteiger partial charge in [0.25, 0.3) is 0 Å². The third kappa shape index (κ3) is 5.77. The molecule has 7 nitrogen and oxygen atoms in total. The van der Waals surface area contributed by atoms with E-state index in [0.29, 0.717) is 11.0 Å². The number of carbonyl (C=O) groups excluding carboxylic acids is 2. The van der Waals surface area contributed by atoms with Gasteiger partial charge in [-0.1, -0.05) is 5.16 Å². The molecule has 1 unspecified atom stereocenters. The number of ether oxygens (including phenoxy) is 2. The number of nitrogens with one attached hydrogen (secondary N) is 1. The first-order chi connectivity index (χ1) is 9.21. The summed E-state index contributed by atoms with van der Waals surface area (Å²) in [4.78, 5) is 28.5. The molecule has 0 bridgehead atoms. The van der Waals surface area contributed by atoms with Crippen molar-refractivity contribution in [1.29, 1.82) is 0 Å². The van der Waals surface area contributed by atoms with Crippen LogP contribution in [0.5, 0.6) is 0 Å². The molecule has 0 spiro atoms. The zero-order chi connectivity index (χ0) is 15.3. The number of carbonyl (C=O) groups is 2. The summed E-state index contributed by atoms with van der Waals surface area (Å²) in [6.45, 7) is 5.22. The summed E-state index contributed by atoms with van der Waals surface area (Å²) in [5.41, 5.74) is -0.638. The van der Waals surface area contributed by atoms with Crippen molar-refractivity contribution >= 4 is 32.6 Å². The first kappa shape index (κ1) is 16.7. The number of hydrogen-bond acceptors (Lipinski definition) is 6. The molecule has 1 heterocycles. The maximum absolute atomic E-state index is 11.7. The van der Waals surface area contributed by atoms with Crippen molar-refractivity contribution in [3.05, 3.63) is 0 Å². The second-order valence-corrected chi connectivity index (χ2v) is 6.27. The maximum Gasteiger partial charge on any atom is 0.408 e. The topological polar surface area (TPSA) is 86.2 Å². The molecule has 0 aromatic heterocycles. The van der Waals surface area contributed by atoms with Crippen LogP contribution in [0.4, 0.5) is 4.79 Å². The molecule has 0 aromatic carbocycles. The van der Waals surface area contributed by atoms with Crippen molar-refractivity contribution < 1.29 is 23.9 Å². The van der Waals surface area contributed by atoms with E-state index in [1.54, 1.807) is 20.8 Å². The van der Waals surface area contributed by atoms with E-state index in [9.17, 15) is 9.59 Å². The largest absolute Gasteiger partial charge is 0.467 e. The van der Waals surface area contributed by atoms with Gasteiger partial charge in [0.15, 0.2) is 0 Å². The zero-order valence-electron chi connectivity index (χ0n) is 11.9. The molecule has 1 aliphatic rings. The van der Waals surface area contributed by atoms with Crippen LogP contribution >= 0.6 is 15.9 Å². The summed E-state index contributed by atoms with van der Waals surface area (Å²) in [6, 6.07) is -0.839. The van der Waals surface area contributed by atoms with Gasteiger partial charge in [0.05, 0.1) is 7.11 Å². The average molecular weight is 351 g/mol. The van der Waals surface area contributed by atoms with Crippen molar-refractivity contribution in [2.75, 3.05) is 7.11 Å². The number of amides is 1. The summed E-state index contributed by atoms with van der Waals surface area (Å²) in [5.74, 6) is -0.553. The SMILES string of the molecule is COC(=O)[C@H](CC1CC(Br)=NO1)NC(=O)OC(C)(C)C. The summed E-state index contributed by atoms with van der Waals surface area (Å²) >= 11 is 3.21. The zero-order valence-corrected chi connectivity index (χ0v) is 13.5. The molecule has 0 saturated heterocycles. The molecule has 20 heavy (non-hydrogen) atoms. The molecule has 0 fully saturated rings. The Labute approximate surface area is 126 Å². The number of halogens is 1. The molecule has 0 aliphatic carbocycles. The molecule has 8 heteroatoms. The van der Waals surface area contributed by atoms with E-state index in [1.165, 1.54) is 7.11 Å². The number of alkyl carbamates (subject to hydrolysis) is 1. The molecule has 114 valence electrons. The molecule has 1 rings (SSSR count). The predicted octanol–water partition coefficient (Wildman–Crippen LogP) is 1.94. The fourth-order valence-electron chi connectivity index (χ4n) is 1.59. The molecular formula is C12H19BrN2O5. The van der Waals surface area contributed by atoms with Gasteiger partial charge in [-0.3, -0.25) is 0 Å². The first-order valence-corrected chi connectivity index (χ1v) is 6.96. The Hall–Kier alpha value is -1.31. The van der Waals surface area contributed by atoms with Crippen molar-refractivity contribution in [1.82, 2.24) is 5.32 Å². The lowest BCUT2D eigenvalue weighted by Crippen LogP contribution is -2.45. The Morgan fingerprint density at radius 2 is 2.20 bits per heavy atom. The van der Waals surface area contributed by atoms with Gasteiger partial charge in [-0.05, 0) is 36.7 Å². The predicted molar refractivity (Wildman–Crippen MR) is 75.6 cm³/mol. The fourth-order valence-corrected chi connectivity index (χ4v) is 2.03. The number of esters is 1. The van der Waals surface area contributed by atoms with Crippen molar-refractivity contribution in [3.63, 3.8) is 0 Å². The van der Waals surface area contributed by atoms with Crippen LogP contribution in [-0.4, -0.2) is 41.5 Å². The summed E-state index contributed by atoms with van der Waals surface area (Å²) in [5, 5.41) is 6.22. The standard InChI is InChI=1S/C12H19BrN2O5/c1-12(2,3)19-11(17)14-8(10(16)18-4)5-7-6-9(13)15-20-7/h7-8H,5-6H2,1-4H3,(H,14,17)/t7?,8-/m0/s1. The van der Waals surface area contributed by atoms with Gasteiger partial charge in [-0.25, -0.2) is 9.59 Å². The summed E-state index contributed by atoms with van der Waals surface area (Å²) in [6.07, 6.45) is -0.164. The van der Waals surface area contributed by atoms with Crippen LogP contribution in [0.2, 0.25) is 0 Å². The second kappa shape index (κ2) is 6.92. The highest BCUT2D eigenvalue weighted by Gasteiger charge is 2.31. The monoisotopic (exact) mass is 350 g/mol. The molecular weight excluding hydrogens is 332 g/mol. The first-order valence-electron chi connectivity index (χ1n) is 6.17. The van der Waals surface area contributed by atoms with E-state index >= 15 is 0 Å². The lowest BCUT2D eigenvalue weighted by molar-refractivity contribution is -0.144. The second-order valence-electron chi connectivity index (χ2n) is 5.36. The number of hydrogen-bond donors (Lipinski definition) is 1. The van der Waals surface area contributed by atoms with Crippen LogP contribution in [0.25, 0.3) is 0 Å². The lowest BCUT2D eigenvalue weighted by atomic mass is 10.1. The van der Waals surface area contributed by atoms with Gasteiger partial charge in [-0.15, -0.1) is 0 Å². The lowest BCUT2D eigenvalue weighted by Gasteiger charge is -2.23. The highest BCUT2D eigenvalue weighted by Crippen LogP contribution is 2.19. The fraction of sp³-hybridized carbons (Fsp3) is 0.750. The Morgan fingerprint density at radius 3 is 2.65 bits per heavy atom. The third-order valence-corrected chi connectivity index (χ3v) is 2.84. The Morgan fingerprint density at radius 1 is 1.55 bits per heavy atom.